The molecule has 106 valence electrons. The minimum Gasteiger partial charge on any atom is -0.449 e. The molecule has 20 heavy (non-hydrogen) atoms. The molecule has 0 amide bonds. The van der Waals surface area contributed by atoms with Gasteiger partial charge in [0.25, 0.3) is 5.56 Å². The van der Waals surface area contributed by atoms with E-state index >= 15 is 0 Å². The van der Waals surface area contributed by atoms with Crippen LogP contribution >= 0.6 is 0 Å². The molecule has 2 aromatic rings. The minimum atomic E-state index is -0.0267. The summed E-state index contributed by atoms with van der Waals surface area (Å²) in [5, 5.41) is 4.27. The Labute approximate surface area is 117 Å². The number of aromatic nitrogens is 3. The fourth-order valence-corrected chi connectivity index (χ4v) is 2.56. The number of rotatable bonds is 4. The monoisotopic (exact) mass is 274 g/mol. The van der Waals surface area contributed by atoms with E-state index < -0.39 is 0 Å². The van der Waals surface area contributed by atoms with E-state index in [-0.39, 0.29) is 5.56 Å². The lowest BCUT2D eigenvalue weighted by molar-refractivity contribution is 0.0752. The normalized spacial score (nSPS) is 16.3. The highest BCUT2D eigenvalue weighted by molar-refractivity contribution is 4.99. The summed E-state index contributed by atoms with van der Waals surface area (Å²) in [6, 6.07) is 3.33. The van der Waals surface area contributed by atoms with Crippen molar-refractivity contribution < 1.29 is 4.42 Å². The Balaban J connectivity index is 1.53. The smallest absolute Gasteiger partial charge is 0.266 e. The summed E-state index contributed by atoms with van der Waals surface area (Å²) in [6.07, 6.45) is 1.70. The molecule has 6 nitrogen and oxygen atoms in total. The average molecular weight is 274 g/mol. The first-order valence-electron chi connectivity index (χ1n) is 6.78. The molecule has 6 heteroatoms. The third-order valence-electron chi connectivity index (χ3n) is 3.52. The molecule has 3 rings (SSSR count). The van der Waals surface area contributed by atoms with Gasteiger partial charge >= 0.3 is 0 Å². The first-order valence-corrected chi connectivity index (χ1v) is 6.78. The van der Waals surface area contributed by atoms with E-state index in [0.29, 0.717) is 18.4 Å². The van der Waals surface area contributed by atoms with E-state index in [9.17, 15) is 4.79 Å². The van der Waals surface area contributed by atoms with E-state index in [2.05, 4.69) is 15.0 Å². The van der Waals surface area contributed by atoms with E-state index in [4.69, 9.17) is 4.42 Å². The molecule has 1 fully saturated rings. The maximum absolute atomic E-state index is 11.7. The van der Waals surface area contributed by atoms with E-state index in [0.717, 1.165) is 31.0 Å². The third-order valence-corrected chi connectivity index (χ3v) is 3.52. The van der Waals surface area contributed by atoms with Gasteiger partial charge in [-0.3, -0.25) is 9.69 Å². The van der Waals surface area contributed by atoms with Gasteiger partial charge < -0.3 is 4.42 Å². The molecule has 0 aromatic carbocycles. The van der Waals surface area contributed by atoms with Crippen molar-refractivity contribution in [1.82, 2.24) is 19.7 Å². The number of oxazole rings is 1. The molecule has 0 aliphatic carbocycles. The van der Waals surface area contributed by atoms with Crippen LogP contribution in [0.15, 0.2) is 27.6 Å². The molecule has 0 unspecified atom stereocenters. The molecular formula is C14H18N4O2. The van der Waals surface area contributed by atoms with Gasteiger partial charge in [-0.2, -0.15) is 5.10 Å². The van der Waals surface area contributed by atoms with Crippen LogP contribution in [0.4, 0.5) is 0 Å². The van der Waals surface area contributed by atoms with Crippen LogP contribution < -0.4 is 5.56 Å². The fraction of sp³-hybridized carbons (Fsp3) is 0.500. The zero-order valence-electron chi connectivity index (χ0n) is 11.7. The summed E-state index contributed by atoms with van der Waals surface area (Å²) in [6.45, 7) is 7.18. The number of hydrogen-bond donors (Lipinski definition) is 0. The summed E-state index contributed by atoms with van der Waals surface area (Å²) in [5.74, 6) is 1.18. The van der Waals surface area contributed by atoms with Gasteiger partial charge in [-0.1, -0.05) is 0 Å². The number of nitrogens with zero attached hydrogens (tertiary/aromatic N) is 4. The van der Waals surface area contributed by atoms with Crippen molar-refractivity contribution in [3.63, 3.8) is 0 Å². The molecule has 0 spiro atoms. The van der Waals surface area contributed by atoms with Gasteiger partial charge in [-0.15, -0.1) is 0 Å². The zero-order valence-corrected chi connectivity index (χ0v) is 11.7. The van der Waals surface area contributed by atoms with Crippen molar-refractivity contribution in [3.8, 4) is 0 Å². The Kier molecular flexibility index (Phi) is 3.40. The molecular weight excluding hydrogens is 256 g/mol. The van der Waals surface area contributed by atoms with Crippen molar-refractivity contribution in [1.29, 1.82) is 0 Å². The highest BCUT2D eigenvalue weighted by Gasteiger charge is 2.28. The first kappa shape index (κ1) is 13.1. The molecule has 3 heterocycles. The largest absolute Gasteiger partial charge is 0.449 e. The topological polar surface area (TPSA) is 64.2 Å². The van der Waals surface area contributed by atoms with Crippen LogP contribution in [0.3, 0.4) is 0 Å². The lowest BCUT2D eigenvalue weighted by Crippen LogP contribution is -2.48. The maximum atomic E-state index is 11.7. The lowest BCUT2D eigenvalue weighted by Gasteiger charge is -2.38. The highest BCUT2D eigenvalue weighted by atomic mass is 16.3. The molecule has 0 bridgehead atoms. The predicted molar refractivity (Wildman–Crippen MR) is 73.2 cm³/mol. The Hall–Kier alpha value is -1.95. The van der Waals surface area contributed by atoms with Gasteiger partial charge in [0.15, 0.2) is 5.89 Å². The van der Waals surface area contributed by atoms with Crippen molar-refractivity contribution in [2.45, 2.75) is 26.9 Å². The van der Waals surface area contributed by atoms with Gasteiger partial charge in [0.05, 0.1) is 17.9 Å². The average Bonchev–Trinajstić information content (AvgIpc) is 2.76. The zero-order chi connectivity index (χ0) is 14.1. The highest BCUT2D eigenvalue weighted by Crippen LogP contribution is 2.19. The minimum absolute atomic E-state index is 0.0267. The molecule has 0 saturated carbocycles. The number of hydrogen-bond acceptors (Lipinski definition) is 5. The summed E-state index contributed by atoms with van der Waals surface area (Å²) in [5.41, 5.74) is 1.81. The first-order chi connectivity index (χ1) is 9.60. The summed E-state index contributed by atoms with van der Waals surface area (Å²) in [7, 11) is 0. The lowest BCUT2D eigenvalue weighted by atomic mass is 10.00. The summed E-state index contributed by atoms with van der Waals surface area (Å²) >= 11 is 0. The summed E-state index contributed by atoms with van der Waals surface area (Å²) < 4.78 is 6.76. The standard InChI is InChI=1S/C14H18N4O2/c1-10-3-4-14(19)18(16-10)7-12-5-17(6-12)8-13-9-20-11(2)15-13/h3-4,9,12H,5-8H2,1-2H3. The van der Waals surface area contributed by atoms with Crippen LogP contribution in [-0.2, 0) is 13.1 Å². The van der Waals surface area contributed by atoms with Crippen LogP contribution in [0.25, 0.3) is 0 Å². The van der Waals surface area contributed by atoms with Crippen LogP contribution in [0.5, 0.6) is 0 Å². The molecule has 2 aromatic heterocycles. The van der Waals surface area contributed by atoms with Crippen molar-refractivity contribution >= 4 is 0 Å². The summed E-state index contributed by atoms with van der Waals surface area (Å²) in [4.78, 5) is 18.3. The van der Waals surface area contributed by atoms with Gasteiger partial charge in [0.2, 0.25) is 0 Å². The third kappa shape index (κ3) is 2.80. The Morgan fingerprint density at radius 1 is 1.35 bits per heavy atom. The predicted octanol–water partition coefficient (Wildman–Crippen LogP) is 0.980. The van der Waals surface area contributed by atoms with Crippen molar-refractivity contribution in [2.75, 3.05) is 13.1 Å². The van der Waals surface area contributed by atoms with Crippen LogP contribution in [0, 0.1) is 19.8 Å². The molecule has 0 N–H and O–H groups in total. The van der Waals surface area contributed by atoms with Crippen molar-refractivity contribution in [2.24, 2.45) is 5.92 Å². The van der Waals surface area contributed by atoms with Gasteiger partial charge in [0.1, 0.15) is 6.26 Å². The molecule has 0 radical (unpaired) electrons. The van der Waals surface area contributed by atoms with E-state index in [1.54, 1.807) is 23.1 Å². The molecule has 1 saturated heterocycles. The number of aryl methyl sites for hydroxylation is 2. The second-order valence-electron chi connectivity index (χ2n) is 5.41. The fourth-order valence-electron chi connectivity index (χ4n) is 2.56. The van der Waals surface area contributed by atoms with Crippen LogP contribution in [0.2, 0.25) is 0 Å². The van der Waals surface area contributed by atoms with E-state index in [1.165, 1.54) is 0 Å². The second kappa shape index (κ2) is 5.20. The van der Waals surface area contributed by atoms with Gasteiger partial charge in [-0.25, -0.2) is 9.67 Å². The molecule has 1 aliphatic rings. The van der Waals surface area contributed by atoms with E-state index in [1.807, 2.05) is 13.8 Å². The Morgan fingerprint density at radius 2 is 2.15 bits per heavy atom. The molecule has 1 aliphatic heterocycles. The number of likely N-dealkylation sites (tertiary alicyclic amines) is 1. The van der Waals surface area contributed by atoms with Crippen LogP contribution in [-0.4, -0.2) is 32.8 Å². The second-order valence-corrected chi connectivity index (χ2v) is 5.41. The Morgan fingerprint density at radius 3 is 2.85 bits per heavy atom. The SMILES string of the molecule is Cc1ccc(=O)n(CC2CN(Cc3coc(C)n3)C2)n1. The maximum Gasteiger partial charge on any atom is 0.266 e. The Bertz CT molecular complexity index is 655. The molecule has 0 atom stereocenters. The quantitative estimate of drug-likeness (QED) is 0.831. The van der Waals surface area contributed by atoms with Crippen molar-refractivity contribution in [3.05, 3.63) is 46.0 Å². The van der Waals surface area contributed by atoms with Gasteiger partial charge in [-0.05, 0) is 13.0 Å². The van der Waals surface area contributed by atoms with Crippen LogP contribution in [0.1, 0.15) is 17.3 Å². The van der Waals surface area contributed by atoms with Gasteiger partial charge in [0, 0.05) is 38.5 Å².